The third-order valence-corrected chi connectivity index (χ3v) is 12.8. The lowest BCUT2D eigenvalue weighted by molar-refractivity contribution is -0.378. The number of carbonyl (C=O) groups excluding carboxylic acids is 3. The number of carboxylic acid groups (broad SMARTS) is 3. The Kier molecular flexibility index (Phi) is 23.1. The average Bonchev–Trinajstić information content (AvgIpc) is 3.37. The summed E-state index contributed by atoms with van der Waals surface area (Å²) in [7, 11) is 0. The molecule has 0 radical (unpaired) electrons. The number of aliphatic hydroxyl groups is 12. The highest BCUT2D eigenvalue weighted by atomic mass is 16.8. The van der Waals surface area contributed by atoms with E-state index in [2.05, 4.69) is 5.32 Å². The number of aliphatic hydroxyl groups excluding tert-OH is 12. The normalized spacial score (nSPS) is 42.7. The van der Waals surface area contributed by atoms with Gasteiger partial charge in [-0.2, -0.15) is 0 Å². The van der Waals surface area contributed by atoms with E-state index in [1.165, 1.54) is 6.92 Å². The second-order valence-corrected chi connectivity index (χ2v) is 18.0. The molecule has 35 heteroatoms. The van der Waals surface area contributed by atoms with E-state index in [9.17, 15) is 100 Å². The number of carboxylic acids is 3. The van der Waals surface area contributed by atoms with E-state index in [0.717, 1.165) is 6.92 Å². The van der Waals surface area contributed by atoms with Gasteiger partial charge in [-0.05, 0) is 0 Å². The standard InChI is InChI=1S/C41H64N2O33/c1-10-20(50)25(55)39(74-29(10)35(61)62)75-30-15(5-46)69-37(19(24(30)54)43-11(2)49)70-16(6-47)31(36(63)64)72-18(7-48)73-32-22(52)13(3-44)68-41(27(32)57)76-33-23(53)14(4-45)67-40(28(33)58)71-17-9-66-38(26(56)21(17)51)65-8-12(42)34(59)60/h6-7,10,12-33,37-41,44-46,50-58H,3-5,8-9,42H2,1-2H3,(H,43,49)(H,59,60)(H,61,62)(H,63,64). The summed E-state index contributed by atoms with van der Waals surface area (Å²) in [6.07, 6.45) is -51.0. The van der Waals surface area contributed by atoms with Gasteiger partial charge in [0, 0.05) is 12.8 Å². The second kappa shape index (κ2) is 27.9. The van der Waals surface area contributed by atoms with E-state index in [1.807, 2.05) is 0 Å². The Hall–Kier alpha value is -3.78. The number of aldehydes is 2. The van der Waals surface area contributed by atoms with Crippen LogP contribution in [0, 0.1) is 5.92 Å². The van der Waals surface area contributed by atoms with Crippen molar-refractivity contribution in [1.29, 1.82) is 0 Å². The van der Waals surface area contributed by atoms with Gasteiger partial charge in [-0.3, -0.25) is 14.4 Å². The molecule has 5 aliphatic rings. The summed E-state index contributed by atoms with van der Waals surface area (Å²) in [4.78, 5) is 72.8. The smallest absolute Gasteiger partial charge is 0.336 e. The molecule has 5 rings (SSSR count). The van der Waals surface area contributed by atoms with Gasteiger partial charge in [-0.15, -0.1) is 0 Å². The second-order valence-electron chi connectivity index (χ2n) is 18.0. The SMILES string of the molecule is CC(=O)NC1C(OC(C=O)C(OC(C=O)OC2C(O)C(CO)OC(OC3C(O)C(CO)OC(OC4COC(OCC(N)C(=O)O)C(O)C4O)C3O)C2O)C(=O)O)OC(CO)C(OC2OC(C(=O)O)C(C)C(O)C2O)C1O. The van der Waals surface area contributed by atoms with Gasteiger partial charge in [0.05, 0.1) is 39.1 Å². The lowest BCUT2D eigenvalue weighted by atomic mass is 9.90. The monoisotopic (exact) mass is 1110 g/mol. The number of nitrogens with one attached hydrogen (secondary N) is 1. The molecule has 0 spiro atoms. The fourth-order valence-electron chi connectivity index (χ4n) is 8.58. The molecule has 0 aromatic carbocycles. The van der Waals surface area contributed by atoms with Crippen molar-refractivity contribution in [2.24, 2.45) is 11.7 Å². The van der Waals surface area contributed by atoms with Gasteiger partial charge in [0.15, 0.2) is 62.3 Å². The summed E-state index contributed by atoms with van der Waals surface area (Å²) in [5.74, 6) is -7.20. The largest absolute Gasteiger partial charge is 0.480 e. The van der Waals surface area contributed by atoms with Gasteiger partial charge < -0.3 is 149 Å². The summed E-state index contributed by atoms with van der Waals surface area (Å²) in [6.45, 7) is -2.29. The summed E-state index contributed by atoms with van der Waals surface area (Å²) >= 11 is 0. The molecule has 0 saturated carbocycles. The van der Waals surface area contributed by atoms with Crippen LogP contribution in [0.3, 0.4) is 0 Å². The Labute approximate surface area is 427 Å². The van der Waals surface area contributed by atoms with Crippen molar-refractivity contribution in [2.75, 3.05) is 33.0 Å². The average molecular weight is 1110 g/mol. The third kappa shape index (κ3) is 14.5. The molecular formula is C41H64N2O33. The van der Waals surface area contributed by atoms with E-state index < -0.39 is 229 Å². The molecule has 5 aliphatic heterocycles. The highest BCUT2D eigenvalue weighted by molar-refractivity contribution is 5.79. The first-order valence-corrected chi connectivity index (χ1v) is 23.2. The number of hydrogen-bond acceptors (Lipinski definition) is 31. The Morgan fingerprint density at radius 3 is 1.70 bits per heavy atom. The molecule has 0 bridgehead atoms. The number of rotatable bonds is 25. The van der Waals surface area contributed by atoms with Crippen molar-refractivity contribution in [2.45, 2.75) is 180 Å². The van der Waals surface area contributed by atoms with Crippen LogP contribution >= 0.6 is 0 Å². The minimum absolute atomic E-state index is 0.208. The van der Waals surface area contributed by atoms with E-state index in [-0.39, 0.29) is 12.6 Å². The van der Waals surface area contributed by atoms with Crippen LogP contribution in [0.4, 0.5) is 0 Å². The van der Waals surface area contributed by atoms with Crippen molar-refractivity contribution in [3.63, 3.8) is 0 Å². The van der Waals surface area contributed by atoms with Crippen LogP contribution in [0.2, 0.25) is 0 Å². The van der Waals surface area contributed by atoms with Gasteiger partial charge in [-0.1, -0.05) is 6.92 Å². The maximum Gasteiger partial charge on any atom is 0.336 e. The molecule has 28 atom stereocenters. The zero-order valence-corrected chi connectivity index (χ0v) is 40.0. The maximum atomic E-state index is 12.7. The summed E-state index contributed by atoms with van der Waals surface area (Å²) in [5, 5.41) is 160. The molecule has 1 amide bonds. The molecule has 436 valence electrons. The van der Waals surface area contributed by atoms with Crippen molar-refractivity contribution in [3.8, 4) is 0 Å². The molecule has 76 heavy (non-hydrogen) atoms. The molecule has 0 aromatic rings. The Bertz CT molecular complexity index is 1930. The molecule has 18 N–H and O–H groups in total. The zero-order valence-electron chi connectivity index (χ0n) is 40.0. The fourth-order valence-corrected chi connectivity index (χ4v) is 8.58. The Balaban J connectivity index is 1.29. The first-order valence-electron chi connectivity index (χ1n) is 23.2. The molecular weight excluding hydrogens is 1050 g/mol. The minimum Gasteiger partial charge on any atom is -0.480 e. The first-order chi connectivity index (χ1) is 35.8. The van der Waals surface area contributed by atoms with Crippen molar-refractivity contribution < 1.29 is 162 Å². The topological polar surface area (TPSA) is 555 Å². The molecule has 28 unspecified atom stereocenters. The minimum atomic E-state index is -2.65. The van der Waals surface area contributed by atoms with Crippen molar-refractivity contribution >= 4 is 36.4 Å². The van der Waals surface area contributed by atoms with Crippen molar-refractivity contribution in [1.82, 2.24) is 5.32 Å². The van der Waals surface area contributed by atoms with Gasteiger partial charge in [-0.25, -0.2) is 9.59 Å². The number of ether oxygens (including phenoxy) is 12. The van der Waals surface area contributed by atoms with Gasteiger partial charge in [0.25, 0.3) is 0 Å². The van der Waals surface area contributed by atoms with Crippen LogP contribution in [0.5, 0.6) is 0 Å². The lowest BCUT2D eigenvalue weighted by Crippen LogP contribution is -2.68. The van der Waals surface area contributed by atoms with Crippen LogP contribution in [0.1, 0.15) is 13.8 Å². The number of aliphatic carboxylic acids is 3. The van der Waals surface area contributed by atoms with Gasteiger partial charge in [0.2, 0.25) is 12.2 Å². The molecule has 5 fully saturated rings. The molecule has 5 heterocycles. The Morgan fingerprint density at radius 2 is 1.16 bits per heavy atom. The molecule has 0 aromatic heterocycles. The van der Waals surface area contributed by atoms with E-state index >= 15 is 0 Å². The van der Waals surface area contributed by atoms with Crippen LogP contribution in [0.25, 0.3) is 0 Å². The van der Waals surface area contributed by atoms with Crippen LogP contribution in [-0.4, -0.2) is 312 Å². The maximum absolute atomic E-state index is 12.7. The number of hydrogen-bond donors (Lipinski definition) is 17. The zero-order chi connectivity index (χ0) is 56.6. The number of carbonyl (C=O) groups is 6. The van der Waals surface area contributed by atoms with Crippen molar-refractivity contribution in [3.05, 3.63) is 0 Å². The highest BCUT2D eigenvalue weighted by Crippen LogP contribution is 2.35. The first kappa shape index (κ1) is 63.1. The van der Waals surface area contributed by atoms with E-state index in [0.29, 0.717) is 0 Å². The number of amides is 1. The van der Waals surface area contributed by atoms with Crippen LogP contribution in [0.15, 0.2) is 0 Å². The van der Waals surface area contributed by atoms with Crippen LogP contribution in [-0.2, 0) is 85.6 Å². The molecule has 5 saturated heterocycles. The summed E-state index contributed by atoms with van der Waals surface area (Å²) in [6, 6.07) is -3.41. The third-order valence-electron chi connectivity index (χ3n) is 12.8. The molecule has 0 aliphatic carbocycles. The van der Waals surface area contributed by atoms with E-state index in [4.69, 9.17) is 67.7 Å². The number of nitrogens with two attached hydrogens (primary N) is 1. The van der Waals surface area contributed by atoms with Gasteiger partial charge in [0.1, 0.15) is 104 Å². The highest BCUT2D eigenvalue weighted by Gasteiger charge is 2.56. The summed E-state index contributed by atoms with van der Waals surface area (Å²) < 4.78 is 65.4. The predicted octanol–water partition coefficient (Wildman–Crippen LogP) is -11.8. The quantitative estimate of drug-likeness (QED) is 0.0298. The Morgan fingerprint density at radius 1 is 0.618 bits per heavy atom. The predicted molar refractivity (Wildman–Crippen MR) is 228 cm³/mol. The molecule has 35 nitrogen and oxygen atoms in total. The summed E-state index contributed by atoms with van der Waals surface area (Å²) in [5.41, 5.74) is 5.39. The van der Waals surface area contributed by atoms with E-state index in [1.54, 1.807) is 0 Å². The fraction of sp³-hybridized carbons (Fsp3) is 0.854. The van der Waals surface area contributed by atoms with Crippen LogP contribution < -0.4 is 11.1 Å². The van der Waals surface area contributed by atoms with Gasteiger partial charge >= 0.3 is 17.9 Å². The lowest BCUT2D eigenvalue weighted by Gasteiger charge is -2.48.